The predicted octanol–water partition coefficient (Wildman–Crippen LogP) is 3.82. The Hall–Kier alpha value is -3.46. The third-order valence-corrected chi connectivity index (χ3v) is 6.40. The van der Waals surface area contributed by atoms with E-state index in [4.69, 9.17) is 9.47 Å². The average Bonchev–Trinajstić information content (AvgIpc) is 2.87. The minimum atomic E-state index is -0.414. The summed E-state index contributed by atoms with van der Waals surface area (Å²) in [5, 5.41) is 2.77. The fourth-order valence-corrected chi connectivity index (χ4v) is 4.14. The molecule has 0 bridgehead atoms. The van der Waals surface area contributed by atoms with Crippen molar-refractivity contribution < 1.29 is 28.2 Å². The number of rotatable bonds is 4. The van der Waals surface area contributed by atoms with E-state index in [1.807, 2.05) is 13.8 Å². The summed E-state index contributed by atoms with van der Waals surface area (Å²) in [6.07, 6.45) is -0.0361. The Morgan fingerprint density at radius 2 is 1.83 bits per heavy atom. The minimum absolute atomic E-state index is 0.119. The molecule has 2 aromatic carbocycles. The summed E-state index contributed by atoms with van der Waals surface area (Å²) in [6, 6.07) is 10.0. The fraction of sp³-hybridized carbons (Fsp3) is 0.444. The Morgan fingerprint density at radius 3 is 2.47 bits per heavy atom. The van der Waals surface area contributed by atoms with Crippen LogP contribution in [0, 0.1) is 11.7 Å². The summed E-state index contributed by atoms with van der Waals surface area (Å²) in [7, 11) is 3.26. The molecule has 0 saturated heterocycles. The van der Waals surface area contributed by atoms with Crippen molar-refractivity contribution >= 4 is 23.4 Å². The molecule has 1 heterocycles. The number of carbonyl (C=O) groups excluding carboxylic acids is 3. The van der Waals surface area contributed by atoms with Crippen LogP contribution in [0.1, 0.15) is 47.9 Å². The lowest BCUT2D eigenvalue weighted by molar-refractivity contribution is -0.115. The molecular formula is C27H34FN3O5. The number of anilines is 1. The van der Waals surface area contributed by atoms with Gasteiger partial charge >= 0.3 is 0 Å². The van der Waals surface area contributed by atoms with Crippen molar-refractivity contribution in [1.29, 1.82) is 0 Å². The van der Waals surface area contributed by atoms with Gasteiger partial charge in [-0.05, 0) is 49.4 Å². The average molecular weight is 500 g/mol. The number of methoxy groups -OCH3 is 1. The second-order valence-electron chi connectivity index (χ2n) is 9.17. The van der Waals surface area contributed by atoms with Crippen LogP contribution in [0.4, 0.5) is 10.1 Å². The summed E-state index contributed by atoms with van der Waals surface area (Å²) in [5.74, 6) is -0.854. The van der Waals surface area contributed by atoms with Gasteiger partial charge in [0.15, 0.2) is 0 Å². The van der Waals surface area contributed by atoms with Gasteiger partial charge in [0.25, 0.3) is 11.8 Å². The Balaban J connectivity index is 1.98. The third kappa shape index (κ3) is 6.40. The number of hydrogen-bond donors (Lipinski definition) is 1. The molecule has 0 unspecified atom stereocenters. The topological polar surface area (TPSA) is 88.2 Å². The first kappa shape index (κ1) is 27.1. The van der Waals surface area contributed by atoms with Crippen LogP contribution >= 0.6 is 0 Å². The van der Waals surface area contributed by atoms with Gasteiger partial charge in [0, 0.05) is 50.8 Å². The molecule has 0 aliphatic carbocycles. The number of hydrogen-bond acceptors (Lipinski definition) is 5. The van der Waals surface area contributed by atoms with Crippen molar-refractivity contribution in [3.05, 3.63) is 59.4 Å². The zero-order valence-electron chi connectivity index (χ0n) is 21.4. The quantitative estimate of drug-likeness (QED) is 0.691. The van der Waals surface area contributed by atoms with Gasteiger partial charge in [-0.2, -0.15) is 0 Å². The third-order valence-electron chi connectivity index (χ3n) is 6.40. The molecule has 1 aliphatic rings. The highest BCUT2D eigenvalue weighted by molar-refractivity contribution is 5.99. The van der Waals surface area contributed by atoms with Crippen molar-refractivity contribution in [2.24, 2.45) is 5.92 Å². The molecule has 1 aliphatic heterocycles. The van der Waals surface area contributed by atoms with E-state index in [1.54, 1.807) is 49.1 Å². The van der Waals surface area contributed by atoms with E-state index < -0.39 is 5.82 Å². The van der Waals surface area contributed by atoms with Gasteiger partial charge in [-0.25, -0.2) is 4.39 Å². The van der Waals surface area contributed by atoms with Crippen molar-refractivity contribution in [2.45, 2.75) is 39.3 Å². The van der Waals surface area contributed by atoms with E-state index in [9.17, 15) is 18.8 Å². The normalized spacial score (nSPS) is 21.1. The van der Waals surface area contributed by atoms with Crippen LogP contribution < -0.4 is 10.1 Å². The first-order valence-corrected chi connectivity index (χ1v) is 12.1. The van der Waals surface area contributed by atoms with Gasteiger partial charge < -0.3 is 24.6 Å². The first-order chi connectivity index (χ1) is 17.1. The Morgan fingerprint density at radius 1 is 1.14 bits per heavy atom. The highest BCUT2D eigenvalue weighted by atomic mass is 19.1. The van der Waals surface area contributed by atoms with Gasteiger partial charge in [0.05, 0.1) is 17.7 Å². The van der Waals surface area contributed by atoms with Gasteiger partial charge in [0.2, 0.25) is 5.91 Å². The molecule has 0 aromatic heterocycles. The van der Waals surface area contributed by atoms with Crippen molar-refractivity contribution in [1.82, 2.24) is 9.80 Å². The number of fused-ring (bicyclic) bond motifs is 1. The molecule has 3 rings (SSSR count). The molecule has 3 atom stereocenters. The lowest BCUT2D eigenvalue weighted by Crippen LogP contribution is -2.48. The SMILES string of the molecule is CCC(=O)Nc1ccc2c(c1)C(=O)N(C)C[C@@H](OC)[C@H](C)CN(C(=O)c1ccc(F)cc1)[C@H](C)CO2. The van der Waals surface area contributed by atoms with Crippen molar-refractivity contribution in [3.8, 4) is 5.75 Å². The summed E-state index contributed by atoms with van der Waals surface area (Å²) in [6.45, 7) is 6.35. The minimum Gasteiger partial charge on any atom is -0.491 e. The number of amides is 3. The first-order valence-electron chi connectivity index (χ1n) is 12.1. The summed E-state index contributed by atoms with van der Waals surface area (Å²) in [5.41, 5.74) is 1.18. The molecule has 194 valence electrons. The zero-order chi connectivity index (χ0) is 26.4. The van der Waals surface area contributed by atoms with E-state index in [2.05, 4.69) is 5.32 Å². The van der Waals surface area contributed by atoms with Crippen LogP contribution in [0.25, 0.3) is 0 Å². The summed E-state index contributed by atoms with van der Waals surface area (Å²) >= 11 is 0. The maximum absolute atomic E-state index is 13.4. The number of likely N-dealkylation sites (N-methyl/N-ethyl adjacent to an activating group) is 1. The molecule has 3 amide bonds. The lowest BCUT2D eigenvalue weighted by Gasteiger charge is -2.36. The number of benzene rings is 2. The Bertz CT molecular complexity index is 1090. The molecule has 1 N–H and O–H groups in total. The molecular weight excluding hydrogens is 465 g/mol. The van der Waals surface area contributed by atoms with Crippen molar-refractivity contribution in [2.75, 3.05) is 39.2 Å². The van der Waals surface area contributed by atoms with Crippen LogP contribution in [-0.2, 0) is 9.53 Å². The monoisotopic (exact) mass is 499 g/mol. The smallest absolute Gasteiger partial charge is 0.257 e. The van der Waals surface area contributed by atoms with E-state index >= 15 is 0 Å². The second-order valence-corrected chi connectivity index (χ2v) is 9.17. The molecule has 36 heavy (non-hydrogen) atoms. The predicted molar refractivity (Wildman–Crippen MR) is 135 cm³/mol. The van der Waals surface area contributed by atoms with E-state index in [0.29, 0.717) is 35.5 Å². The number of carbonyl (C=O) groups is 3. The fourth-order valence-electron chi connectivity index (χ4n) is 4.14. The maximum Gasteiger partial charge on any atom is 0.257 e. The lowest BCUT2D eigenvalue weighted by atomic mass is 10.0. The molecule has 0 fully saturated rings. The van der Waals surface area contributed by atoms with Gasteiger partial charge in [-0.3, -0.25) is 14.4 Å². The number of nitrogens with one attached hydrogen (secondary N) is 1. The van der Waals surface area contributed by atoms with Crippen LogP contribution in [0.2, 0.25) is 0 Å². The summed E-state index contributed by atoms with van der Waals surface area (Å²) in [4.78, 5) is 41.9. The molecule has 0 spiro atoms. The zero-order valence-corrected chi connectivity index (χ0v) is 21.4. The second kappa shape index (κ2) is 12.0. The Kier molecular flexibility index (Phi) is 9.03. The molecule has 0 saturated carbocycles. The van der Waals surface area contributed by atoms with Crippen LogP contribution in [0.3, 0.4) is 0 Å². The van der Waals surface area contributed by atoms with Crippen molar-refractivity contribution in [3.63, 3.8) is 0 Å². The Labute approximate surface area is 211 Å². The highest BCUT2D eigenvalue weighted by Crippen LogP contribution is 2.27. The van der Waals surface area contributed by atoms with E-state index in [0.717, 1.165) is 0 Å². The largest absolute Gasteiger partial charge is 0.491 e. The number of nitrogens with zero attached hydrogens (tertiary/aromatic N) is 2. The van der Waals surface area contributed by atoms with Gasteiger partial charge in [-0.15, -0.1) is 0 Å². The number of halogens is 1. The number of ether oxygens (including phenoxy) is 2. The van der Waals surface area contributed by atoms with E-state index in [-0.39, 0.29) is 48.9 Å². The molecule has 2 aromatic rings. The standard InChI is InChI=1S/C27H34FN3O5/c1-6-25(32)29-21-11-12-23-22(13-21)27(34)30(4)15-24(35-5)17(2)14-31(18(3)16-36-23)26(33)19-7-9-20(28)10-8-19/h7-13,17-18,24H,6,14-16H2,1-5H3,(H,29,32)/t17-,18-,24-/m1/s1. The van der Waals surface area contributed by atoms with Gasteiger partial charge in [-0.1, -0.05) is 13.8 Å². The van der Waals surface area contributed by atoms with Crippen LogP contribution in [-0.4, -0.2) is 73.5 Å². The molecule has 8 nitrogen and oxygen atoms in total. The van der Waals surface area contributed by atoms with Crippen LogP contribution in [0.15, 0.2) is 42.5 Å². The highest BCUT2D eigenvalue weighted by Gasteiger charge is 2.31. The van der Waals surface area contributed by atoms with E-state index in [1.165, 1.54) is 24.3 Å². The maximum atomic E-state index is 13.4. The summed E-state index contributed by atoms with van der Waals surface area (Å²) < 4.78 is 25.2. The molecule has 0 radical (unpaired) electrons. The molecule has 9 heteroatoms. The van der Waals surface area contributed by atoms with Gasteiger partial charge in [0.1, 0.15) is 18.2 Å². The van der Waals surface area contributed by atoms with Crippen LogP contribution in [0.5, 0.6) is 5.75 Å².